The van der Waals surface area contributed by atoms with E-state index in [2.05, 4.69) is 11.1 Å². The number of rotatable bonds is 5. The molecule has 1 aromatic heterocycles. The number of hydrogen-bond donors (Lipinski definition) is 1. The van der Waals surface area contributed by atoms with Gasteiger partial charge < -0.3 is 15.4 Å². The number of hydrogen-bond acceptors (Lipinski definition) is 6. The largest absolute Gasteiger partial charge is 0.484 e. The molecule has 0 unspecified atom stereocenters. The van der Waals surface area contributed by atoms with Crippen LogP contribution in [0.25, 0.3) is 0 Å². The van der Waals surface area contributed by atoms with Gasteiger partial charge in [0.2, 0.25) is 11.7 Å². The maximum atomic E-state index is 13.8. The van der Waals surface area contributed by atoms with Crippen LogP contribution in [0.4, 0.5) is 10.3 Å². The van der Waals surface area contributed by atoms with Crippen LogP contribution >= 0.6 is 0 Å². The lowest BCUT2D eigenvalue weighted by Gasteiger charge is -2.39. The van der Waals surface area contributed by atoms with Crippen molar-refractivity contribution >= 4 is 5.95 Å². The van der Waals surface area contributed by atoms with E-state index >= 15 is 0 Å². The number of piperidine rings is 1. The van der Waals surface area contributed by atoms with Crippen LogP contribution in [0.3, 0.4) is 0 Å². The molecule has 1 aromatic carbocycles. The van der Waals surface area contributed by atoms with Gasteiger partial charge in [-0.05, 0) is 57.4 Å². The van der Waals surface area contributed by atoms with E-state index in [0.29, 0.717) is 30.2 Å². The molecule has 2 heterocycles. The molecule has 154 valence electrons. The summed E-state index contributed by atoms with van der Waals surface area (Å²) in [5.74, 6) is 0.0884. The van der Waals surface area contributed by atoms with Crippen molar-refractivity contribution in [2.75, 3.05) is 18.0 Å². The summed E-state index contributed by atoms with van der Waals surface area (Å²) in [7, 11) is 0. The number of anilines is 1. The highest BCUT2D eigenvalue weighted by molar-refractivity contribution is 5.41. The molecule has 0 spiro atoms. The summed E-state index contributed by atoms with van der Waals surface area (Å²) in [4.78, 5) is 19.6. The fourth-order valence-electron chi connectivity index (χ4n) is 3.61. The monoisotopic (exact) mass is 399 g/mol. The van der Waals surface area contributed by atoms with E-state index in [9.17, 15) is 14.4 Å². The van der Waals surface area contributed by atoms with Crippen LogP contribution in [0.15, 0.2) is 29.2 Å². The second-order valence-electron chi connectivity index (χ2n) is 8.07. The molecule has 7 nitrogen and oxygen atoms in total. The van der Waals surface area contributed by atoms with E-state index in [1.807, 2.05) is 25.7 Å². The third kappa shape index (κ3) is 4.74. The molecule has 1 aliphatic rings. The molecule has 0 saturated carbocycles. The van der Waals surface area contributed by atoms with Crippen molar-refractivity contribution in [1.82, 2.24) is 9.55 Å². The molecule has 29 heavy (non-hydrogen) atoms. The number of aromatic nitrogens is 2. The molecule has 3 rings (SSSR count). The van der Waals surface area contributed by atoms with E-state index < -0.39 is 11.4 Å². The molecule has 0 bridgehead atoms. The molecular formula is C21H26FN5O2. The molecule has 2 aromatic rings. The van der Waals surface area contributed by atoms with Crippen LogP contribution < -0.4 is 20.9 Å². The summed E-state index contributed by atoms with van der Waals surface area (Å²) in [6, 6.07) is 5.97. The zero-order valence-corrected chi connectivity index (χ0v) is 17.0. The van der Waals surface area contributed by atoms with Gasteiger partial charge in [-0.2, -0.15) is 5.26 Å². The first-order valence-electron chi connectivity index (χ1n) is 9.69. The average Bonchev–Trinajstić information content (AvgIpc) is 2.64. The summed E-state index contributed by atoms with van der Waals surface area (Å²) in [6.07, 6.45) is 2.98. The quantitative estimate of drug-likeness (QED) is 0.829. The van der Waals surface area contributed by atoms with E-state index in [1.165, 1.54) is 29.0 Å². The van der Waals surface area contributed by atoms with Crippen molar-refractivity contribution in [2.24, 2.45) is 5.73 Å². The minimum absolute atomic E-state index is 0.00883. The number of ether oxygens (including phenoxy) is 1. The Morgan fingerprint density at radius 1 is 1.45 bits per heavy atom. The Bertz CT molecular complexity index is 994. The third-order valence-electron chi connectivity index (χ3n) is 4.88. The van der Waals surface area contributed by atoms with Gasteiger partial charge in [0, 0.05) is 18.6 Å². The number of halogens is 1. The van der Waals surface area contributed by atoms with Crippen molar-refractivity contribution in [3.63, 3.8) is 0 Å². The zero-order chi connectivity index (χ0) is 21.2. The highest BCUT2D eigenvalue weighted by atomic mass is 19.1. The van der Waals surface area contributed by atoms with E-state index in [1.54, 1.807) is 0 Å². The first-order valence-corrected chi connectivity index (χ1v) is 9.69. The maximum Gasteiger partial charge on any atom is 0.297 e. The lowest BCUT2D eigenvalue weighted by atomic mass is 9.93. The Morgan fingerprint density at radius 2 is 2.21 bits per heavy atom. The predicted octanol–water partition coefficient (Wildman–Crippen LogP) is 2.41. The molecule has 0 aliphatic carbocycles. The molecule has 0 amide bonds. The fraction of sp³-hybridized carbons (Fsp3) is 0.476. The summed E-state index contributed by atoms with van der Waals surface area (Å²) >= 11 is 0. The van der Waals surface area contributed by atoms with Gasteiger partial charge in [-0.3, -0.25) is 9.36 Å². The minimum Gasteiger partial charge on any atom is -0.484 e. The Kier molecular flexibility index (Phi) is 5.89. The van der Waals surface area contributed by atoms with E-state index in [-0.39, 0.29) is 24.0 Å². The SMILES string of the molecule is CC(C)Oc1cnc(N2CCC[C@@](C)(N)C2)n(Cc2cc(F)ccc2C#N)c1=O. The molecular weight excluding hydrogens is 373 g/mol. The van der Waals surface area contributed by atoms with Crippen LogP contribution in [0.5, 0.6) is 5.75 Å². The van der Waals surface area contributed by atoms with Crippen LogP contribution in [0, 0.1) is 17.1 Å². The van der Waals surface area contributed by atoms with Gasteiger partial charge in [0.25, 0.3) is 5.56 Å². The topological polar surface area (TPSA) is 97.2 Å². The van der Waals surface area contributed by atoms with Gasteiger partial charge in [0.15, 0.2) is 0 Å². The van der Waals surface area contributed by atoms with Gasteiger partial charge >= 0.3 is 0 Å². The predicted molar refractivity (Wildman–Crippen MR) is 109 cm³/mol. The van der Waals surface area contributed by atoms with Crippen LogP contribution in [-0.4, -0.2) is 34.3 Å². The van der Waals surface area contributed by atoms with Crippen molar-refractivity contribution < 1.29 is 9.13 Å². The number of nitriles is 1. The molecule has 8 heteroatoms. The first-order chi connectivity index (χ1) is 13.7. The lowest BCUT2D eigenvalue weighted by Crippen LogP contribution is -2.53. The van der Waals surface area contributed by atoms with Crippen molar-refractivity contribution in [1.29, 1.82) is 5.26 Å². The zero-order valence-electron chi connectivity index (χ0n) is 17.0. The summed E-state index contributed by atoms with van der Waals surface area (Å²) in [5.41, 5.74) is 6.28. The minimum atomic E-state index is -0.469. The third-order valence-corrected chi connectivity index (χ3v) is 4.88. The van der Waals surface area contributed by atoms with Gasteiger partial charge in [0.05, 0.1) is 30.5 Å². The fourth-order valence-corrected chi connectivity index (χ4v) is 3.61. The number of nitrogens with two attached hydrogens (primary N) is 1. The second kappa shape index (κ2) is 8.21. The number of benzene rings is 1. The second-order valence-corrected chi connectivity index (χ2v) is 8.07. The van der Waals surface area contributed by atoms with Crippen molar-refractivity contribution in [3.05, 3.63) is 51.7 Å². The van der Waals surface area contributed by atoms with Gasteiger partial charge in [-0.1, -0.05) is 0 Å². The summed E-state index contributed by atoms with van der Waals surface area (Å²) in [5, 5.41) is 9.39. The van der Waals surface area contributed by atoms with Gasteiger partial charge in [-0.25, -0.2) is 9.37 Å². The van der Waals surface area contributed by atoms with Gasteiger partial charge in [0.1, 0.15) is 5.82 Å². The van der Waals surface area contributed by atoms with Gasteiger partial charge in [-0.15, -0.1) is 0 Å². The maximum absolute atomic E-state index is 13.8. The first kappa shape index (κ1) is 20.8. The number of nitrogens with zero attached hydrogens (tertiary/aromatic N) is 4. The highest BCUT2D eigenvalue weighted by Gasteiger charge is 2.30. The van der Waals surface area contributed by atoms with Crippen molar-refractivity contribution in [2.45, 2.75) is 51.8 Å². The summed E-state index contributed by atoms with van der Waals surface area (Å²) < 4.78 is 20.9. The Labute approximate surface area is 169 Å². The van der Waals surface area contributed by atoms with Crippen LogP contribution in [0.2, 0.25) is 0 Å². The molecule has 0 radical (unpaired) electrons. The smallest absolute Gasteiger partial charge is 0.297 e. The molecule has 2 N–H and O–H groups in total. The Balaban J connectivity index is 2.10. The van der Waals surface area contributed by atoms with E-state index in [4.69, 9.17) is 10.5 Å². The summed E-state index contributed by atoms with van der Waals surface area (Å²) in [6.45, 7) is 6.87. The standard InChI is InChI=1S/C21H26FN5O2/c1-14(2)29-18-11-25-20(26-8-4-7-21(3,24)13-26)27(19(18)28)12-16-9-17(22)6-5-15(16)10-23/h5-6,9,11,14H,4,7-8,12-13,24H2,1-3H3/t21-/m1/s1. The molecule has 1 aliphatic heterocycles. The molecule has 1 saturated heterocycles. The molecule has 1 fully saturated rings. The molecule has 1 atom stereocenters. The van der Waals surface area contributed by atoms with E-state index in [0.717, 1.165) is 12.8 Å². The highest BCUT2D eigenvalue weighted by Crippen LogP contribution is 2.24. The van der Waals surface area contributed by atoms with Crippen molar-refractivity contribution in [3.8, 4) is 11.8 Å². The Morgan fingerprint density at radius 3 is 2.86 bits per heavy atom. The Hall–Kier alpha value is -2.92. The van der Waals surface area contributed by atoms with Crippen LogP contribution in [-0.2, 0) is 6.54 Å². The van der Waals surface area contributed by atoms with Crippen LogP contribution in [0.1, 0.15) is 44.7 Å². The normalized spacial score (nSPS) is 19.3. The average molecular weight is 399 g/mol. The lowest BCUT2D eigenvalue weighted by molar-refractivity contribution is 0.236.